The second-order valence-corrected chi connectivity index (χ2v) is 2.12. The minimum absolute atomic E-state index is 0.611. The molecule has 4 N–H and O–H groups in total. The van der Waals surface area contributed by atoms with Gasteiger partial charge in [-0.1, -0.05) is 0 Å². The fourth-order valence-corrected chi connectivity index (χ4v) is 0.676. The summed E-state index contributed by atoms with van der Waals surface area (Å²) in [5, 5.41) is 3.16. The van der Waals surface area contributed by atoms with Gasteiger partial charge in [-0.25, -0.2) is 5.84 Å². The van der Waals surface area contributed by atoms with E-state index in [4.69, 9.17) is 5.84 Å². The van der Waals surface area contributed by atoms with E-state index in [0.29, 0.717) is 6.04 Å². The Balaban J connectivity index is 2.21. The first-order valence-electron chi connectivity index (χ1n) is 3.02. The highest BCUT2D eigenvalue weighted by atomic mass is 15.3. The molecule has 1 saturated heterocycles. The lowest BCUT2D eigenvalue weighted by molar-refractivity contribution is 0.907. The number of nitrogens with two attached hydrogens (primary N) is 1. The van der Waals surface area contributed by atoms with Gasteiger partial charge in [-0.15, -0.1) is 0 Å². The zero-order valence-corrected chi connectivity index (χ0v) is 5.52. The predicted octanol–water partition coefficient (Wildman–Crippen LogP) is -1.16. The van der Waals surface area contributed by atoms with Gasteiger partial charge in [0.15, 0.2) is 0 Å². The van der Waals surface area contributed by atoms with Crippen LogP contribution >= 0.6 is 0 Å². The summed E-state index contributed by atoms with van der Waals surface area (Å²) < 4.78 is 0. The minimum atomic E-state index is 0.611. The Kier molecular flexibility index (Phi) is 2.02. The maximum atomic E-state index is 5.15. The summed E-state index contributed by atoms with van der Waals surface area (Å²) in [5.41, 5.74) is 2.53. The van der Waals surface area contributed by atoms with Crippen molar-refractivity contribution in [3.05, 3.63) is 0 Å². The van der Waals surface area contributed by atoms with E-state index >= 15 is 0 Å². The van der Waals surface area contributed by atoms with Crippen LogP contribution in [0.5, 0.6) is 0 Å². The van der Waals surface area contributed by atoms with E-state index in [0.717, 1.165) is 18.8 Å². The van der Waals surface area contributed by atoms with Crippen molar-refractivity contribution < 1.29 is 0 Å². The maximum Gasteiger partial charge on any atom is 0.112 e. The maximum absolute atomic E-state index is 5.15. The zero-order valence-electron chi connectivity index (χ0n) is 5.52. The topological polar surface area (TPSA) is 72.3 Å². The van der Waals surface area contributed by atoms with E-state index in [9.17, 15) is 0 Å². The lowest BCUT2D eigenvalue weighted by Gasteiger charge is -1.99. The second-order valence-electron chi connectivity index (χ2n) is 2.12. The summed E-state index contributed by atoms with van der Waals surface area (Å²) in [6, 6.07) is 0.611. The Labute approximate surface area is 54.5 Å². The summed E-state index contributed by atoms with van der Waals surface area (Å²) >= 11 is 0. The minimum Gasteiger partial charge on any atom is -0.312 e. The lowest BCUT2D eigenvalue weighted by Crippen LogP contribution is -2.31. The van der Waals surface area contributed by atoms with Crippen molar-refractivity contribution in [1.29, 1.82) is 0 Å². The molecule has 1 aliphatic rings. The molecule has 4 nitrogen and oxygen atoms in total. The Hall–Kier alpha value is -0.610. The molecular formula is C5H12N4. The first-order chi connectivity index (χ1) is 4.36. The Bertz CT molecular complexity index is 116. The molecule has 0 spiro atoms. The number of rotatable bonds is 2. The van der Waals surface area contributed by atoms with Gasteiger partial charge in [-0.2, -0.15) is 0 Å². The fourth-order valence-electron chi connectivity index (χ4n) is 0.676. The van der Waals surface area contributed by atoms with Gasteiger partial charge in [0.05, 0.1) is 0 Å². The van der Waals surface area contributed by atoms with Crippen LogP contribution in [0, 0.1) is 0 Å². The average Bonchev–Trinajstić information content (AvgIpc) is 2.66. The van der Waals surface area contributed by atoms with Crippen LogP contribution in [-0.2, 0) is 0 Å². The van der Waals surface area contributed by atoms with Gasteiger partial charge < -0.3 is 10.7 Å². The number of aliphatic imine (C=N–C) groups is 1. The third-order valence-corrected chi connectivity index (χ3v) is 1.37. The van der Waals surface area contributed by atoms with Gasteiger partial charge in [-0.3, -0.25) is 4.99 Å². The van der Waals surface area contributed by atoms with Crippen LogP contribution in [0.3, 0.4) is 0 Å². The Morgan fingerprint density at radius 3 is 3.00 bits per heavy atom. The molecule has 1 atom stereocenters. The van der Waals surface area contributed by atoms with Crippen molar-refractivity contribution in [2.24, 2.45) is 10.8 Å². The van der Waals surface area contributed by atoms with Gasteiger partial charge >= 0.3 is 0 Å². The molecule has 1 rings (SSSR count). The molecule has 0 radical (unpaired) electrons. The van der Waals surface area contributed by atoms with Crippen molar-refractivity contribution >= 4 is 5.84 Å². The van der Waals surface area contributed by atoms with E-state index in [-0.39, 0.29) is 0 Å². The molecule has 0 aromatic rings. The highest BCUT2D eigenvalue weighted by molar-refractivity contribution is 5.82. The molecule has 0 aromatic carbocycles. The SMILES string of the molecule is CN=C(CC1CN1)NN. The van der Waals surface area contributed by atoms with Crippen LogP contribution in [0.4, 0.5) is 0 Å². The Morgan fingerprint density at radius 1 is 2.00 bits per heavy atom. The molecule has 1 heterocycles. The molecule has 0 saturated carbocycles. The molecule has 0 amide bonds. The van der Waals surface area contributed by atoms with Crippen molar-refractivity contribution in [2.45, 2.75) is 12.5 Å². The van der Waals surface area contributed by atoms with E-state index in [1.807, 2.05) is 0 Å². The van der Waals surface area contributed by atoms with Gasteiger partial charge in [0.2, 0.25) is 0 Å². The highest BCUT2D eigenvalue weighted by Gasteiger charge is 2.21. The third kappa shape index (κ3) is 1.99. The fraction of sp³-hybridized carbons (Fsp3) is 0.800. The third-order valence-electron chi connectivity index (χ3n) is 1.37. The van der Waals surface area contributed by atoms with Crippen molar-refractivity contribution in [3.63, 3.8) is 0 Å². The predicted molar refractivity (Wildman–Crippen MR) is 37.1 cm³/mol. The van der Waals surface area contributed by atoms with Gasteiger partial charge in [-0.05, 0) is 0 Å². The highest BCUT2D eigenvalue weighted by Crippen LogP contribution is 2.01. The molecule has 9 heavy (non-hydrogen) atoms. The standard InChI is InChI=1S/C5H12N4/c1-7-5(9-6)2-4-3-8-4/h4,8H,2-3,6H2,1H3,(H,7,9). The molecule has 0 aromatic heterocycles. The number of hydrogen-bond acceptors (Lipinski definition) is 3. The van der Waals surface area contributed by atoms with Crippen LogP contribution in [0.2, 0.25) is 0 Å². The number of amidine groups is 1. The van der Waals surface area contributed by atoms with Gasteiger partial charge in [0, 0.05) is 26.1 Å². The molecule has 1 fully saturated rings. The molecule has 0 aliphatic carbocycles. The molecule has 1 aliphatic heterocycles. The smallest absolute Gasteiger partial charge is 0.112 e. The number of hydrogen-bond donors (Lipinski definition) is 3. The molecule has 52 valence electrons. The number of hydrazine groups is 1. The summed E-state index contributed by atoms with van der Waals surface area (Å²) in [4.78, 5) is 3.93. The van der Waals surface area contributed by atoms with Gasteiger partial charge in [0.25, 0.3) is 0 Å². The number of nitrogens with zero attached hydrogens (tertiary/aromatic N) is 1. The molecule has 0 bridgehead atoms. The summed E-state index contributed by atoms with van der Waals surface area (Å²) in [7, 11) is 1.73. The van der Waals surface area contributed by atoms with E-state index in [2.05, 4.69) is 15.7 Å². The van der Waals surface area contributed by atoms with Crippen molar-refractivity contribution in [1.82, 2.24) is 10.7 Å². The molecule has 4 heteroatoms. The van der Waals surface area contributed by atoms with Crippen LogP contribution in [0.15, 0.2) is 4.99 Å². The molecular weight excluding hydrogens is 116 g/mol. The first kappa shape index (κ1) is 6.51. The quantitative estimate of drug-likeness (QED) is 0.144. The van der Waals surface area contributed by atoms with E-state index in [1.54, 1.807) is 7.05 Å². The van der Waals surface area contributed by atoms with Crippen molar-refractivity contribution in [3.8, 4) is 0 Å². The monoisotopic (exact) mass is 128 g/mol. The molecule has 1 unspecified atom stereocenters. The van der Waals surface area contributed by atoms with E-state index < -0.39 is 0 Å². The largest absolute Gasteiger partial charge is 0.312 e. The van der Waals surface area contributed by atoms with Crippen LogP contribution < -0.4 is 16.6 Å². The van der Waals surface area contributed by atoms with Crippen LogP contribution in [-0.4, -0.2) is 25.5 Å². The number of nitrogens with one attached hydrogen (secondary N) is 2. The zero-order chi connectivity index (χ0) is 6.69. The first-order valence-corrected chi connectivity index (χ1v) is 3.02. The van der Waals surface area contributed by atoms with Crippen LogP contribution in [0.25, 0.3) is 0 Å². The average molecular weight is 128 g/mol. The summed E-state index contributed by atoms with van der Waals surface area (Å²) in [6.07, 6.45) is 0.924. The van der Waals surface area contributed by atoms with E-state index in [1.165, 1.54) is 0 Å². The lowest BCUT2D eigenvalue weighted by atomic mass is 10.3. The van der Waals surface area contributed by atoms with Crippen molar-refractivity contribution in [2.75, 3.05) is 13.6 Å². The summed E-state index contributed by atoms with van der Waals surface area (Å²) in [6.45, 7) is 1.10. The second kappa shape index (κ2) is 2.80. The van der Waals surface area contributed by atoms with Crippen LogP contribution in [0.1, 0.15) is 6.42 Å². The summed E-state index contributed by atoms with van der Waals surface area (Å²) in [5.74, 6) is 6.02. The Morgan fingerprint density at radius 2 is 2.67 bits per heavy atom. The van der Waals surface area contributed by atoms with Gasteiger partial charge in [0.1, 0.15) is 5.84 Å². The normalized spacial score (nSPS) is 26.0.